The maximum atomic E-state index is 13.4. The number of benzene rings is 2. The summed E-state index contributed by atoms with van der Waals surface area (Å²) in [5.74, 6) is -0.449. The van der Waals surface area contributed by atoms with E-state index in [-0.39, 0.29) is 11.6 Å². The van der Waals surface area contributed by atoms with Gasteiger partial charge in [-0.1, -0.05) is 29.4 Å². The second kappa shape index (κ2) is 7.11. The first kappa shape index (κ1) is 16.6. The van der Waals surface area contributed by atoms with Crippen molar-refractivity contribution in [3.05, 3.63) is 64.9 Å². The van der Waals surface area contributed by atoms with Crippen LogP contribution in [0, 0.1) is 5.82 Å². The summed E-state index contributed by atoms with van der Waals surface area (Å²) in [6.45, 7) is 1.77. The van der Waals surface area contributed by atoms with Crippen LogP contribution in [0.15, 0.2) is 53.7 Å². The Hall–Kier alpha value is -2.25. The molecule has 2 aromatic carbocycles. The zero-order valence-electron chi connectivity index (χ0n) is 12.6. The quantitative estimate of drug-likeness (QED) is 0.510. The van der Waals surface area contributed by atoms with Gasteiger partial charge in [0.15, 0.2) is 5.78 Å². The molecule has 1 aromatic heterocycles. The number of aromatic nitrogens is 4. The van der Waals surface area contributed by atoms with Gasteiger partial charge in [-0.2, -0.15) is 4.68 Å². The van der Waals surface area contributed by atoms with Gasteiger partial charge in [-0.3, -0.25) is 4.79 Å². The van der Waals surface area contributed by atoms with Crippen LogP contribution in [0.2, 0.25) is 5.02 Å². The lowest BCUT2D eigenvalue weighted by Gasteiger charge is -2.10. The third-order valence-electron chi connectivity index (χ3n) is 3.27. The largest absolute Gasteiger partial charge is 0.293 e. The first-order valence-corrected chi connectivity index (χ1v) is 8.31. The van der Waals surface area contributed by atoms with Crippen LogP contribution >= 0.6 is 23.4 Å². The molecule has 0 spiro atoms. The number of hydrogen-bond acceptors (Lipinski definition) is 5. The topological polar surface area (TPSA) is 60.7 Å². The van der Waals surface area contributed by atoms with E-state index in [4.69, 9.17) is 11.6 Å². The Labute approximate surface area is 146 Å². The lowest BCUT2D eigenvalue weighted by atomic mass is 10.1. The highest BCUT2D eigenvalue weighted by Crippen LogP contribution is 2.25. The van der Waals surface area contributed by atoms with Gasteiger partial charge in [0.1, 0.15) is 5.82 Å². The number of tetrazole rings is 1. The van der Waals surface area contributed by atoms with E-state index < -0.39 is 5.25 Å². The Kier molecular flexibility index (Phi) is 4.92. The van der Waals surface area contributed by atoms with Crippen molar-refractivity contribution in [3.63, 3.8) is 0 Å². The standard InChI is InChI=1S/C16H12ClFN4OS/c1-10(15(23)11-5-7-12(17)8-6-11)24-16-19-20-21-22(16)14-4-2-3-13(18)9-14/h2-10H,1H3/t10-/m0/s1. The summed E-state index contributed by atoms with van der Waals surface area (Å²) < 4.78 is 14.8. The lowest BCUT2D eigenvalue weighted by molar-refractivity contribution is 0.0994. The number of hydrogen-bond donors (Lipinski definition) is 0. The fourth-order valence-corrected chi connectivity index (χ4v) is 3.09. The van der Waals surface area contributed by atoms with E-state index in [0.717, 1.165) is 0 Å². The minimum Gasteiger partial charge on any atom is -0.293 e. The third-order valence-corrected chi connectivity index (χ3v) is 4.56. The van der Waals surface area contributed by atoms with Crippen LogP contribution in [0.4, 0.5) is 4.39 Å². The lowest BCUT2D eigenvalue weighted by Crippen LogP contribution is -2.14. The van der Waals surface area contributed by atoms with Crippen LogP contribution in [0.1, 0.15) is 17.3 Å². The summed E-state index contributed by atoms with van der Waals surface area (Å²) in [7, 11) is 0. The van der Waals surface area contributed by atoms with Crippen molar-refractivity contribution in [2.24, 2.45) is 0 Å². The highest BCUT2D eigenvalue weighted by Gasteiger charge is 2.20. The summed E-state index contributed by atoms with van der Waals surface area (Å²) in [6.07, 6.45) is 0. The highest BCUT2D eigenvalue weighted by atomic mass is 35.5. The number of ketones is 1. The molecule has 0 N–H and O–H groups in total. The Bertz CT molecular complexity index is 869. The van der Waals surface area contributed by atoms with Crippen molar-refractivity contribution >= 4 is 29.1 Å². The maximum Gasteiger partial charge on any atom is 0.214 e. The first-order valence-electron chi connectivity index (χ1n) is 7.05. The van der Waals surface area contributed by atoms with Crippen molar-refractivity contribution in [1.29, 1.82) is 0 Å². The number of halogens is 2. The molecule has 122 valence electrons. The van der Waals surface area contributed by atoms with E-state index in [9.17, 15) is 9.18 Å². The van der Waals surface area contributed by atoms with Crippen molar-refractivity contribution in [3.8, 4) is 5.69 Å². The molecule has 0 aliphatic heterocycles. The van der Waals surface area contributed by atoms with Gasteiger partial charge in [0.2, 0.25) is 5.16 Å². The zero-order chi connectivity index (χ0) is 17.1. The molecule has 0 saturated heterocycles. The number of nitrogens with zero attached hydrogens (tertiary/aromatic N) is 4. The molecule has 8 heteroatoms. The average Bonchev–Trinajstić information content (AvgIpc) is 3.03. The highest BCUT2D eigenvalue weighted by molar-refractivity contribution is 8.00. The minimum absolute atomic E-state index is 0.0644. The fourth-order valence-electron chi connectivity index (χ4n) is 2.08. The molecule has 0 amide bonds. The molecule has 0 saturated carbocycles. The molecule has 3 aromatic rings. The van der Waals surface area contributed by atoms with Gasteiger partial charge in [0.05, 0.1) is 10.9 Å². The summed E-state index contributed by atoms with van der Waals surface area (Å²) >= 11 is 7.04. The van der Waals surface area contributed by atoms with Crippen LogP contribution in [-0.4, -0.2) is 31.2 Å². The predicted octanol–water partition coefficient (Wildman–Crippen LogP) is 3.82. The summed E-state index contributed by atoms with van der Waals surface area (Å²) in [6, 6.07) is 12.6. The molecular weight excluding hydrogens is 351 g/mol. The van der Waals surface area contributed by atoms with E-state index in [1.54, 1.807) is 43.3 Å². The summed E-state index contributed by atoms with van der Waals surface area (Å²) in [4.78, 5) is 12.5. The van der Waals surface area contributed by atoms with Gasteiger partial charge in [-0.15, -0.1) is 5.10 Å². The zero-order valence-corrected chi connectivity index (χ0v) is 14.1. The number of thioether (sulfide) groups is 1. The Morgan fingerprint density at radius 3 is 2.71 bits per heavy atom. The van der Waals surface area contributed by atoms with Crippen molar-refractivity contribution < 1.29 is 9.18 Å². The summed E-state index contributed by atoms with van der Waals surface area (Å²) in [5, 5.41) is 12.0. The third kappa shape index (κ3) is 3.63. The molecule has 1 heterocycles. The maximum absolute atomic E-state index is 13.4. The molecule has 1 atom stereocenters. The van der Waals surface area contributed by atoms with Gasteiger partial charge in [0, 0.05) is 10.6 Å². The number of Topliss-reactive ketones (excluding diaryl/α,β-unsaturated/α-hetero) is 1. The van der Waals surface area contributed by atoms with Crippen LogP contribution in [0.25, 0.3) is 5.69 Å². The SMILES string of the molecule is C[C@H](Sc1nnnn1-c1cccc(F)c1)C(=O)c1ccc(Cl)cc1. The average molecular weight is 363 g/mol. The monoisotopic (exact) mass is 362 g/mol. The smallest absolute Gasteiger partial charge is 0.214 e. The fraction of sp³-hybridized carbons (Fsp3) is 0.125. The second-order valence-electron chi connectivity index (χ2n) is 4.98. The van der Waals surface area contributed by atoms with E-state index in [1.165, 1.54) is 28.6 Å². The Morgan fingerprint density at radius 2 is 2.00 bits per heavy atom. The predicted molar refractivity (Wildman–Crippen MR) is 90.2 cm³/mol. The normalized spacial score (nSPS) is 12.1. The van der Waals surface area contributed by atoms with Gasteiger partial charge >= 0.3 is 0 Å². The summed E-state index contributed by atoms with van der Waals surface area (Å²) in [5.41, 5.74) is 1.05. The van der Waals surface area contributed by atoms with E-state index in [1.807, 2.05) is 0 Å². The van der Waals surface area contributed by atoms with E-state index in [0.29, 0.717) is 21.4 Å². The van der Waals surface area contributed by atoms with Gasteiger partial charge < -0.3 is 0 Å². The molecule has 24 heavy (non-hydrogen) atoms. The van der Waals surface area contributed by atoms with Crippen molar-refractivity contribution in [1.82, 2.24) is 20.2 Å². The first-order chi connectivity index (χ1) is 11.5. The van der Waals surface area contributed by atoms with Gasteiger partial charge in [-0.25, -0.2) is 4.39 Å². The van der Waals surface area contributed by atoms with Gasteiger partial charge in [0.25, 0.3) is 0 Å². The molecule has 0 aliphatic rings. The molecule has 0 aliphatic carbocycles. The van der Waals surface area contributed by atoms with Crippen LogP contribution in [-0.2, 0) is 0 Å². The molecule has 0 unspecified atom stereocenters. The van der Waals surface area contributed by atoms with Crippen molar-refractivity contribution in [2.45, 2.75) is 17.3 Å². The number of carbonyl (C=O) groups excluding carboxylic acids is 1. The van der Waals surface area contributed by atoms with Crippen molar-refractivity contribution in [2.75, 3.05) is 0 Å². The van der Waals surface area contributed by atoms with E-state index >= 15 is 0 Å². The molecule has 0 fully saturated rings. The minimum atomic E-state index is -0.413. The molecule has 5 nitrogen and oxygen atoms in total. The van der Waals surface area contributed by atoms with Crippen LogP contribution in [0.3, 0.4) is 0 Å². The van der Waals surface area contributed by atoms with Crippen LogP contribution < -0.4 is 0 Å². The molecule has 0 radical (unpaired) electrons. The van der Waals surface area contributed by atoms with E-state index in [2.05, 4.69) is 15.5 Å². The van der Waals surface area contributed by atoms with Crippen LogP contribution in [0.5, 0.6) is 0 Å². The Morgan fingerprint density at radius 1 is 1.25 bits per heavy atom. The second-order valence-corrected chi connectivity index (χ2v) is 6.73. The number of carbonyl (C=O) groups is 1. The molecule has 0 bridgehead atoms. The Balaban J connectivity index is 1.80. The van der Waals surface area contributed by atoms with Gasteiger partial charge in [-0.05, 0) is 59.8 Å². The number of rotatable bonds is 5. The molecular formula is C16H12ClFN4OS. The molecule has 3 rings (SSSR count).